The zero-order valence-corrected chi connectivity index (χ0v) is 15.1. The summed E-state index contributed by atoms with van der Waals surface area (Å²) in [6.07, 6.45) is 2.54. The van der Waals surface area contributed by atoms with Crippen molar-refractivity contribution < 1.29 is 4.79 Å². The minimum atomic E-state index is -0.255. The van der Waals surface area contributed by atoms with Gasteiger partial charge in [0.25, 0.3) is 0 Å². The van der Waals surface area contributed by atoms with Gasteiger partial charge in [-0.05, 0) is 30.7 Å². The van der Waals surface area contributed by atoms with Crippen LogP contribution in [0.15, 0.2) is 65.6 Å². The average Bonchev–Trinajstić information content (AvgIpc) is 2.95. The molecular weight excluding hydrogens is 340 g/mol. The number of carbonyl (C=O) groups excluding carboxylic acids is 1. The van der Waals surface area contributed by atoms with Crippen LogP contribution < -0.4 is 11.0 Å². The number of carbonyl (C=O) groups is 1. The van der Waals surface area contributed by atoms with Crippen LogP contribution in [0.4, 0.5) is 5.69 Å². The molecule has 2 aromatic carbocycles. The van der Waals surface area contributed by atoms with Crippen LogP contribution in [-0.4, -0.2) is 20.0 Å². The Hall–Kier alpha value is -3.41. The number of nitrogens with zero attached hydrogens (tertiary/aromatic N) is 3. The predicted molar refractivity (Wildman–Crippen MR) is 107 cm³/mol. The Bertz CT molecular complexity index is 1180. The summed E-state index contributed by atoms with van der Waals surface area (Å²) < 4.78 is 3.25. The number of imidazole rings is 1. The topological polar surface area (TPSA) is 68.9 Å². The third-order valence-electron chi connectivity index (χ3n) is 4.58. The number of benzene rings is 2. The second kappa shape index (κ2) is 7.07. The van der Waals surface area contributed by atoms with E-state index in [1.807, 2.05) is 61.5 Å². The molecule has 6 heteroatoms. The molecule has 0 radical (unpaired) electrons. The van der Waals surface area contributed by atoms with Crippen LogP contribution in [0.1, 0.15) is 13.3 Å². The van der Waals surface area contributed by atoms with E-state index in [1.54, 1.807) is 10.8 Å². The van der Waals surface area contributed by atoms with Crippen LogP contribution in [0, 0.1) is 0 Å². The van der Waals surface area contributed by atoms with E-state index in [0.29, 0.717) is 12.2 Å². The highest BCUT2D eigenvalue weighted by Crippen LogP contribution is 2.21. The Kier molecular flexibility index (Phi) is 4.46. The molecule has 1 N–H and O–H groups in total. The summed E-state index contributed by atoms with van der Waals surface area (Å²) in [4.78, 5) is 29.8. The van der Waals surface area contributed by atoms with Crippen molar-refractivity contribution in [1.82, 2.24) is 14.1 Å². The minimum Gasteiger partial charge on any atom is -0.323 e. The fraction of sp³-hybridized carbons (Fsp3) is 0.190. The first kappa shape index (κ1) is 17.0. The summed E-state index contributed by atoms with van der Waals surface area (Å²) in [6, 6.07) is 17.0. The number of nitrogens with one attached hydrogen (secondary N) is 1. The lowest BCUT2D eigenvalue weighted by Gasteiger charge is -2.08. The number of aromatic nitrogens is 3. The van der Waals surface area contributed by atoms with Crippen LogP contribution in [0.5, 0.6) is 0 Å². The summed E-state index contributed by atoms with van der Waals surface area (Å²) in [5, 5.41) is 3.85. The molecule has 4 rings (SSSR count). The van der Waals surface area contributed by atoms with Gasteiger partial charge in [-0.2, -0.15) is 0 Å². The Morgan fingerprint density at radius 3 is 2.52 bits per heavy atom. The van der Waals surface area contributed by atoms with Crippen molar-refractivity contribution in [2.75, 3.05) is 5.32 Å². The number of amides is 1. The molecule has 0 spiro atoms. The Balaban J connectivity index is 1.67. The van der Waals surface area contributed by atoms with Gasteiger partial charge in [0.05, 0.1) is 22.2 Å². The van der Waals surface area contributed by atoms with E-state index >= 15 is 0 Å². The van der Waals surface area contributed by atoms with Crippen LogP contribution in [-0.2, 0) is 17.9 Å². The molecular formula is C21H20N4O2. The fourth-order valence-corrected chi connectivity index (χ4v) is 3.40. The zero-order valence-electron chi connectivity index (χ0n) is 15.1. The number of rotatable bonds is 5. The van der Waals surface area contributed by atoms with Crippen molar-refractivity contribution >= 4 is 33.5 Å². The summed E-state index contributed by atoms with van der Waals surface area (Å²) >= 11 is 0. The number of aryl methyl sites for hydroxylation is 1. The lowest BCUT2D eigenvalue weighted by Crippen LogP contribution is -2.29. The van der Waals surface area contributed by atoms with Gasteiger partial charge >= 0.3 is 5.69 Å². The molecule has 2 heterocycles. The van der Waals surface area contributed by atoms with Gasteiger partial charge < -0.3 is 5.32 Å². The normalized spacial score (nSPS) is 11.1. The number of pyridine rings is 1. The van der Waals surface area contributed by atoms with Crippen LogP contribution in [0.25, 0.3) is 21.9 Å². The smallest absolute Gasteiger partial charge is 0.323 e. The first-order valence-corrected chi connectivity index (χ1v) is 9.00. The van der Waals surface area contributed by atoms with E-state index in [0.717, 1.165) is 28.4 Å². The molecule has 1 amide bonds. The van der Waals surface area contributed by atoms with Crippen LogP contribution in [0.3, 0.4) is 0 Å². The van der Waals surface area contributed by atoms with Gasteiger partial charge in [0, 0.05) is 18.1 Å². The molecule has 2 aromatic heterocycles. The predicted octanol–water partition coefficient (Wildman–Crippen LogP) is 3.40. The molecule has 0 aliphatic heterocycles. The molecule has 136 valence electrons. The van der Waals surface area contributed by atoms with Gasteiger partial charge in [0.15, 0.2) is 0 Å². The largest absolute Gasteiger partial charge is 0.329 e. The highest BCUT2D eigenvalue weighted by molar-refractivity contribution is 6.00. The van der Waals surface area contributed by atoms with E-state index in [-0.39, 0.29) is 18.1 Å². The SMILES string of the molecule is CCCn1c(=O)n(CC(=O)Nc2cccc3cccnc23)c2ccccc21. The number of fused-ring (bicyclic) bond motifs is 2. The number of hydrogen-bond donors (Lipinski definition) is 1. The molecule has 0 aliphatic rings. The van der Waals surface area contributed by atoms with Gasteiger partial charge in [-0.3, -0.25) is 18.9 Å². The molecule has 0 aliphatic carbocycles. The van der Waals surface area contributed by atoms with E-state index in [1.165, 1.54) is 4.57 Å². The highest BCUT2D eigenvalue weighted by atomic mass is 16.2. The third-order valence-corrected chi connectivity index (χ3v) is 4.58. The lowest BCUT2D eigenvalue weighted by atomic mass is 10.2. The Morgan fingerprint density at radius 1 is 1.00 bits per heavy atom. The summed E-state index contributed by atoms with van der Waals surface area (Å²) in [6.45, 7) is 2.61. The summed E-state index contributed by atoms with van der Waals surface area (Å²) in [7, 11) is 0. The van der Waals surface area contributed by atoms with E-state index in [9.17, 15) is 9.59 Å². The van der Waals surface area contributed by atoms with E-state index in [4.69, 9.17) is 0 Å². The molecule has 27 heavy (non-hydrogen) atoms. The number of para-hydroxylation sites is 3. The number of anilines is 1. The van der Waals surface area contributed by atoms with Gasteiger partial charge in [-0.15, -0.1) is 0 Å². The standard InChI is InChI=1S/C21H20N4O2/c1-2-13-24-17-10-3-4-11-18(17)25(21(24)27)14-19(26)23-16-9-5-7-15-8-6-12-22-20(15)16/h3-12H,2,13-14H2,1H3,(H,23,26). The lowest BCUT2D eigenvalue weighted by molar-refractivity contribution is -0.116. The monoisotopic (exact) mass is 360 g/mol. The highest BCUT2D eigenvalue weighted by Gasteiger charge is 2.15. The quantitative estimate of drug-likeness (QED) is 0.593. The first-order chi connectivity index (χ1) is 13.2. The first-order valence-electron chi connectivity index (χ1n) is 9.00. The maximum absolute atomic E-state index is 12.8. The Morgan fingerprint density at radius 2 is 1.74 bits per heavy atom. The summed E-state index contributed by atoms with van der Waals surface area (Å²) in [5.41, 5.74) is 2.83. The zero-order chi connectivity index (χ0) is 18.8. The molecule has 0 saturated carbocycles. The maximum atomic E-state index is 12.8. The second-order valence-electron chi connectivity index (χ2n) is 6.44. The van der Waals surface area contributed by atoms with Gasteiger partial charge in [-0.1, -0.05) is 37.3 Å². The van der Waals surface area contributed by atoms with Crippen molar-refractivity contribution in [3.05, 3.63) is 71.3 Å². The van der Waals surface area contributed by atoms with Gasteiger partial charge in [0.2, 0.25) is 5.91 Å². The van der Waals surface area contributed by atoms with E-state index < -0.39 is 0 Å². The molecule has 0 saturated heterocycles. The molecule has 0 atom stereocenters. The summed E-state index contributed by atoms with van der Waals surface area (Å²) in [5.74, 6) is -0.255. The second-order valence-corrected chi connectivity index (χ2v) is 6.44. The van der Waals surface area contributed by atoms with Gasteiger partial charge in [-0.25, -0.2) is 4.79 Å². The van der Waals surface area contributed by atoms with Crippen molar-refractivity contribution in [1.29, 1.82) is 0 Å². The van der Waals surface area contributed by atoms with Crippen molar-refractivity contribution in [3.63, 3.8) is 0 Å². The van der Waals surface area contributed by atoms with Crippen LogP contribution >= 0.6 is 0 Å². The number of hydrogen-bond acceptors (Lipinski definition) is 3. The molecule has 0 fully saturated rings. The van der Waals surface area contributed by atoms with Crippen molar-refractivity contribution in [2.24, 2.45) is 0 Å². The van der Waals surface area contributed by atoms with Crippen molar-refractivity contribution in [3.8, 4) is 0 Å². The molecule has 6 nitrogen and oxygen atoms in total. The third kappa shape index (κ3) is 3.10. The van der Waals surface area contributed by atoms with Gasteiger partial charge in [0.1, 0.15) is 6.54 Å². The fourth-order valence-electron chi connectivity index (χ4n) is 3.40. The minimum absolute atomic E-state index is 0.0424. The van der Waals surface area contributed by atoms with Crippen LogP contribution in [0.2, 0.25) is 0 Å². The maximum Gasteiger partial charge on any atom is 0.329 e. The average molecular weight is 360 g/mol. The molecule has 4 aromatic rings. The molecule has 0 bridgehead atoms. The molecule has 0 unspecified atom stereocenters. The van der Waals surface area contributed by atoms with E-state index in [2.05, 4.69) is 10.3 Å². The Labute approximate surface area is 156 Å². The van der Waals surface area contributed by atoms with Crippen molar-refractivity contribution in [2.45, 2.75) is 26.4 Å².